The van der Waals surface area contributed by atoms with E-state index in [0.717, 1.165) is 24.0 Å². The monoisotopic (exact) mass is 309 g/mol. The van der Waals surface area contributed by atoms with Gasteiger partial charge in [-0.15, -0.1) is 11.3 Å². The second kappa shape index (κ2) is 8.02. The molecule has 0 saturated carbocycles. The van der Waals surface area contributed by atoms with E-state index < -0.39 is 0 Å². The molecule has 1 atom stereocenters. The number of benzene rings is 1. The molecule has 0 aliphatic rings. The lowest BCUT2D eigenvalue weighted by Crippen LogP contribution is -2.21. The fourth-order valence-corrected chi connectivity index (χ4v) is 3.98. The normalized spacial score (nSPS) is 12.9. The lowest BCUT2D eigenvalue weighted by molar-refractivity contribution is 0.420. The first-order chi connectivity index (χ1) is 9.76. The largest absolute Gasteiger partial charge is 0.312 e. The summed E-state index contributed by atoms with van der Waals surface area (Å²) in [5, 5.41) is 5.71. The van der Waals surface area contributed by atoms with Crippen LogP contribution in [-0.4, -0.2) is 6.54 Å². The Morgan fingerprint density at radius 2 is 2.05 bits per heavy atom. The van der Waals surface area contributed by atoms with Crippen molar-refractivity contribution in [3.63, 3.8) is 0 Å². The zero-order valence-electron chi connectivity index (χ0n) is 12.4. The Morgan fingerprint density at radius 1 is 1.25 bits per heavy atom. The summed E-state index contributed by atoms with van der Waals surface area (Å²) in [5.41, 5.74) is 0. The Labute approximate surface area is 131 Å². The molecule has 1 unspecified atom stereocenters. The number of hydrogen-bond acceptors (Lipinski definition) is 2. The summed E-state index contributed by atoms with van der Waals surface area (Å²) in [4.78, 5) is 1.26. The van der Waals surface area contributed by atoms with Crippen molar-refractivity contribution in [2.24, 2.45) is 5.92 Å². The van der Waals surface area contributed by atoms with Crippen LogP contribution in [0, 0.1) is 5.92 Å². The van der Waals surface area contributed by atoms with Gasteiger partial charge in [-0.1, -0.05) is 62.9 Å². The van der Waals surface area contributed by atoms with E-state index in [4.69, 9.17) is 11.6 Å². The van der Waals surface area contributed by atoms with Gasteiger partial charge in [-0.2, -0.15) is 0 Å². The van der Waals surface area contributed by atoms with Gasteiger partial charge in [-0.05, 0) is 24.9 Å². The Morgan fingerprint density at radius 3 is 2.75 bits per heavy atom. The van der Waals surface area contributed by atoms with Crippen LogP contribution in [-0.2, 0) is 6.54 Å². The summed E-state index contributed by atoms with van der Waals surface area (Å²) in [6.45, 7) is 6.54. The molecule has 0 saturated heterocycles. The predicted molar refractivity (Wildman–Crippen MR) is 91.8 cm³/mol. The van der Waals surface area contributed by atoms with Gasteiger partial charge in [0.2, 0.25) is 0 Å². The molecule has 1 aromatic heterocycles. The summed E-state index contributed by atoms with van der Waals surface area (Å²) in [7, 11) is 0. The highest BCUT2D eigenvalue weighted by Gasteiger charge is 2.10. The third-order valence-electron chi connectivity index (χ3n) is 3.86. The molecule has 0 amide bonds. The summed E-state index contributed by atoms with van der Waals surface area (Å²) < 4.78 is 1.28. The standard InChI is InChI=1S/C17H24ClNS/c1-3-5-8-13(4-2)11-19-12-16-17(18)14-9-6-7-10-15(14)20-16/h6-7,9-10,13,19H,3-5,8,11-12H2,1-2H3. The Kier molecular flexibility index (Phi) is 6.34. The summed E-state index contributed by atoms with van der Waals surface area (Å²) in [6.07, 6.45) is 5.22. The van der Waals surface area contributed by atoms with E-state index in [-0.39, 0.29) is 0 Å². The van der Waals surface area contributed by atoms with Crippen molar-refractivity contribution in [1.82, 2.24) is 5.32 Å². The highest BCUT2D eigenvalue weighted by atomic mass is 35.5. The first-order valence-corrected chi connectivity index (χ1v) is 8.82. The Hall–Kier alpha value is -0.570. The van der Waals surface area contributed by atoms with Gasteiger partial charge < -0.3 is 5.32 Å². The molecule has 2 aromatic rings. The van der Waals surface area contributed by atoms with E-state index in [0.29, 0.717) is 0 Å². The van der Waals surface area contributed by atoms with Crippen molar-refractivity contribution in [2.45, 2.75) is 46.1 Å². The Balaban J connectivity index is 1.90. The SMILES string of the molecule is CCCCC(CC)CNCc1sc2ccccc2c1Cl. The van der Waals surface area contributed by atoms with Crippen molar-refractivity contribution in [2.75, 3.05) is 6.54 Å². The van der Waals surface area contributed by atoms with Crippen LogP contribution in [0.4, 0.5) is 0 Å². The molecular weight excluding hydrogens is 286 g/mol. The van der Waals surface area contributed by atoms with Crippen LogP contribution in [0.1, 0.15) is 44.4 Å². The molecular formula is C17H24ClNS. The van der Waals surface area contributed by atoms with E-state index in [1.807, 2.05) is 0 Å². The van der Waals surface area contributed by atoms with Gasteiger partial charge in [0.1, 0.15) is 0 Å². The average Bonchev–Trinajstić information content (AvgIpc) is 2.80. The van der Waals surface area contributed by atoms with E-state index in [1.54, 1.807) is 11.3 Å². The highest BCUT2D eigenvalue weighted by Crippen LogP contribution is 2.34. The van der Waals surface area contributed by atoms with Gasteiger partial charge in [0.05, 0.1) is 5.02 Å². The summed E-state index contributed by atoms with van der Waals surface area (Å²) >= 11 is 8.27. The zero-order chi connectivity index (χ0) is 14.4. The van der Waals surface area contributed by atoms with Gasteiger partial charge >= 0.3 is 0 Å². The smallest absolute Gasteiger partial charge is 0.0636 e. The third kappa shape index (κ3) is 3.97. The van der Waals surface area contributed by atoms with Crippen molar-refractivity contribution in [3.05, 3.63) is 34.2 Å². The molecule has 1 heterocycles. The molecule has 1 N–H and O–H groups in total. The van der Waals surface area contributed by atoms with Gasteiger partial charge in [0.15, 0.2) is 0 Å². The van der Waals surface area contributed by atoms with Gasteiger partial charge in [0.25, 0.3) is 0 Å². The minimum Gasteiger partial charge on any atom is -0.312 e. The highest BCUT2D eigenvalue weighted by molar-refractivity contribution is 7.19. The van der Waals surface area contributed by atoms with Crippen molar-refractivity contribution in [3.8, 4) is 0 Å². The molecule has 0 radical (unpaired) electrons. The maximum absolute atomic E-state index is 6.46. The van der Waals surface area contributed by atoms with E-state index in [2.05, 4.69) is 43.4 Å². The molecule has 0 fully saturated rings. The first-order valence-electron chi connectivity index (χ1n) is 7.62. The Bertz CT molecular complexity index is 535. The van der Waals surface area contributed by atoms with Crippen molar-refractivity contribution < 1.29 is 0 Å². The van der Waals surface area contributed by atoms with Crippen LogP contribution in [0.3, 0.4) is 0 Å². The minimum atomic E-state index is 0.795. The first kappa shape index (κ1) is 15.8. The number of nitrogens with one attached hydrogen (secondary N) is 1. The molecule has 3 heteroatoms. The number of rotatable bonds is 8. The third-order valence-corrected chi connectivity index (χ3v) is 5.58. The molecule has 1 nitrogen and oxygen atoms in total. The van der Waals surface area contributed by atoms with Gasteiger partial charge in [-0.25, -0.2) is 0 Å². The lowest BCUT2D eigenvalue weighted by atomic mass is 9.99. The van der Waals surface area contributed by atoms with Crippen LogP contribution in [0.25, 0.3) is 10.1 Å². The molecule has 110 valence electrons. The molecule has 0 spiro atoms. The fraction of sp³-hybridized carbons (Fsp3) is 0.529. The van der Waals surface area contributed by atoms with Crippen LogP contribution >= 0.6 is 22.9 Å². The summed E-state index contributed by atoms with van der Waals surface area (Å²) in [5.74, 6) is 0.795. The zero-order valence-corrected chi connectivity index (χ0v) is 14.0. The van der Waals surface area contributed by atoms with Crippen LogP contribution < -0.4 is 5.32 Å². The topological polar surface area (TPSA) is 12.0 Å². The number of halogens is 1. The van der Waals surface area contributed by atoms with Crippen LogP contribution in [0.15, 0.2) is 24.3 Å². The van der Waals surface area contributed by atoms with Gasteiger partial charge in [-0.3, -0.25) is 0 Å². The molecule has 1 aromatic carbocycles. The van der Waals surface area contributed by atoms with Crippen LogP contribution in [0.2, 0.25) is 5.02 Å². The average molecular weight is 310 g/mol. The van der Waals surface area contributed by atoms with E-state index in [9.17, 15) is 0 Å². The van der Waals surface area contributed by atoms with Gasteiger partial charge in [0, 0.05) is 21.5 Å². The van der Waals surface area contributed by atoms with Crippen LogP contribution in [0.5, 0.6) is 0 Å². The number of fused-ring (bicyclic) bond motifs is 1. The van der Waals surface area contributed by atoms with Crippen molar-refractivity contribution in [1.29, 1.82) is 0 Å². The molecule has 20 heavy (non-hydrogen) atoms. The van der Waals surface area contributed by atoms with Crippen molar-refractivity contribution >= 4 is 33.0 Å². The molecule has 0 aliphatic heterocycles. The fourth-order valence-electron chi connectivity index (χ4n) is 2.51. The van der Waals surface area contributed by atoms with E-state index >= 15 is 0 Å². The second-order valence-corrected chi connectivity index (χ2v) is 6.90. The molecule has 2 rings (SSSR count). The second-order valence-electron chi connectivity index (χ2n) is 5.38. The van der Waals surface area contributed by atoms with E-state index in [1.165, 1.54) is 40.6 Å². The number of hydrogen-bond donors (Lipinski definition) is 1. The molecule has 0 aliphatic carbocycles. The number of unbranched alkanes of at least 4 members (excludes halogenated alkanes) is 1. The number of thiophene rings is 1. The lowest BCUT2D eigenvalue weighted by Gasteiger charge is -2.14. The molecule has 0 bridgehead atoms. The quantitative estimate of drug-likeness (QED) is 0.644. The maximum atomic E-state index is 6.46. The summed E-state index contributed by atoms with van der Waals surface area (Å²) in [6, 6.07) is 8.37. The predicted octanol–water partition coefficient (Wildman–Crippen LogP) is 5.86. The minimum absolute atomic E-state index is 0.795. The maximum Gasteiger partial charge on any atom is 0.0636 e.